The van der Waals surface area contributed by atoms with Crippen molar-refractivity contribution in [2.45, 2.75) is 209 Å². The van der Waals surface area contributed by atoms with E-state index in [-0.39, 0.29) is 90.4 Å². The number of esters is 6. The molecule has 48 heteroatoms. The van der Waals surface area contributed by atoms with E-state index in [2.05, 4.69) is 89.1 Å². The quantitative estimate of drug-likeness (QED) is 0.00971. The van der Waals surface area contributed by atoms with E-state index in [0.29, 0.717) is 65.9 Å². The first-order chi connectivity index (χ1) is 63.2. The number of imidazole rings is 5. The first kappa shape index (κ1) is 119. The second kappa shape index (κ2) is 56.0. The van der Waals surface area contributed by atoms with Crippen molar-refractivity contribution in [2.24, 2.45) is 46.7 Å². The van der Waals surface area contributed by atoms with E-state index in [1.807, 2.05) is 34.7 Å². The molecule has 0 saturated carbocycles. The number of carbonyl (C=O) groups excluding carboxylic acids is 9. The summed E-state index contributed by atoms with van der Waals surface area (Å²) >= 11 is 18.6. The van der Waals surface area contributed by atoms with Gasteiger partial charge in [0, 0.05) is 120 Å². The monoisotopic (exact) mass is 2350 g/mol. The summed E-state index contributed by atoms with van der Waals surface area (Å²) in [6, 6.07) is 21.3. The van der Waals surface area contributed by atoms with Gasteiger partial charge in [0.15, 0.2) is 0 Å². The van der Waals surface area contributed by atoms with Crippen LogP contribution in [0.25, 0.3) is 55.2 Å². The number of primary amides is 2. The molecule has 0 bridgehead atoms. The number of carboxylic acids is 4. The molecular weight excluding hydrogens is 2240 g/mol. The summed E-state index contributed by atoms with van der Waals surface area (Å²) in [7, 11) is 8.00. The summed E-state index contributed by atoms with van der Waals surface area (Å²) in [5, 5.41) is 36.2. The minimum Gasteiger partial charge on any atom is -0.481 e. The summed E-state index contributed by atoms with van der Waals surface area (Å²) in [6.07, 6.45) is -3.55. The number of rotatable bonds is 21. The molecule has 2 saturated heterocycles. The molecule has 7 heterocycles. The minimum atomic E-state index is -4.64. The van der Waals surface area contributed by atoms with Crippen LogP contribution in [0.5, 0.6) is 0 Å². The minimum absolute atomic E-state index is 0. The third-order valence-corrected chi connectivity index (χ3v) is 21.2. The first-order valence-electron chi connectivity index (χ1n) is 41.5. The number of amides is 2. The molecular formula is C88H113Br5F3IN12O27. The van der Waals surface area contributed by atoms with Crippen molar-refractivity contribution in [1.29, 1.82) is 0 Å². The Morgan fingerprint density at radius 3 is 1.07 bits per heavy atom. The van der Waals surface area contributed by atoms with Crippen molar-refractivity contribution in [3.05, 3.63) is 166 Å². The number of hydrogen-bond donors (Lipinski definition) is 6. The van der Waals surface area contributed by atoms with Crippen molar-refractivity contribution >= 4 is 235 Å². The summed E-state index contributed by atoms with van der Waals surface area (Å²) in [6.45, 7) is 17.3. The number of carbonyl (C=O) groups is 13. The number of hydrogen-bond acceptors (Lipinski definition) is 23. The zero-order valence-electron chi connectivity index (χ0n) is 77.1. The number of ether oxygens (including phenoxy) is 5. The second-order valence-electron chi connectivity index (χ2n) is 30.8. The number of nitrogens with two attached hydrogens (primary N) is 2. The van der Waals surface area contributed by atoms with Gasteiger partial charge in [0.05, 0.1) is 55.2 Å². The van der Waals surface area contributed by atoms with Crippen LogP contribution in [0, 0.1) is 0 Å². The predicted octanol–water partition coefficient (Wildman–Crippen LogP) is 14.2. The lowest BCUT2D eigenvalue weighted by Gasteiger charge is -2.25. The van der Waals surface area contributed by atoms with Crippen molar-refractivity contribution in [1.82, 2.24) is 45.7 Å². The molecule has 136 heavy (non-hydrogen) atoms. The predicted molar refractivity (Wildman–Crippen MR) is 527 cm³/mol. The maximum atomic E-state index is 13.0. The number of carboxylic acid groups (broad SMARTS) is 4. The fraction of sp³-hybridized carbons (Fsp3) is 0.455. The van der Waals surface area contributed by atoms with E-state index >= 15 is 0 Å². The van der Waals surface area contributed by atoms with Gasteiger partial charge in [0.25, 0.3) is 0 Å². The summed E-state index contributed by atoms with van der Waals surface area (Å²) < 4.78 is 85.3. The van der Waals surface area contributed by atoms with Gasteiger partial charge in [-0.25, -0.2) is 43.2 Å². The van der Waals surface area contributed by atoms with Gasteiger partial charge in [-0.1, -0.05) is 131 Å². The molecule has 0 spiro atoms. The van der Waals surface area contributed by atoms with E-state index in [4.69, 9.17) is 43.4 Å². The van der Waals surface area contributed by atoms with Gasteiger partial charge < -0.3 is 55.6 Å². The molecule has 5 atom stereocenters. The Morgan fingerprint density at radius 2 is 0.794 bits per heavy atom. The Labute approximate surface area is 836 Å². The van der Waals surface area contributed by atoms with Gasteiger partial charge >= 0.3 is 94.3 Å². The van der Waals surface area contributed by atoms with Gasteiger partial charge in [-0.2, -0.15) is 13.2 Å². The lowest BCUT2D eigenvalue weighted by atomic mass is 10.1. The van der Waals surface area contributed by atoms with Gasteiger partial charge in [0.1, 0.15) is 41.4 Å². The molecule has 10 aromatic rings. The van der Waals surface area contributed by atoms with Crippen LogP contribution in [0.3, 0.4) is 0 Å². The zero-order valence-corrected chi connectivity index (χ0v) is 85.2. The number of nitrogens with zero attached hydrogens (tertiary/aromatic N) is 10. The molecule has 2 amide bonds. The van der Waals surface area contributed by atoms with E-state index in [1.165, 1.54) is 67.8 Å². The Kier molecular flexibility index (Phi) is 49.1. The van der Waals surface area contributed by atoms with Crippen LogP contribution in [-0.2, 0) is 121 Å². The standard InChI is InChI=1S/C21H29BrN2O5.2C13H14BrN3O4.C13H13BrN2O5.C13H11BrN2O4.C4H6O3.C4H8O.C2HF3O.C2H6.CH3I.2CH4/c1-20(2,3)28-17(25)11-10-15(18(26)29-21(4,5)6)24-16-12-13(22)8-9-14(16)23(7)19(24)27;1-16-8-3-2-7(14)6-10(8)17(13(16)21)9(12(15)20)4-5-11(18)19;1-16-8-3-2-7(14)6-10(8)17(13(16)21)9(12(19)20)4-5-11(15)18;1-15-8-3-2-7(14)6-10(8)16(13(15)21)9(12(19)20)4-5-11(17)18;1-15-8-3-2-7(14)6-10(8)16(13(15)19)9-4-5-11(17)20-12(9)18;1-3(5)7-4(2)6;1-2-4-5-3-1;3-2(4,5)1-6;2*1-2;;/h8-9,12,15H,10-11H2,1-7H3;2-3,6,9H,4-5H2,1H3,(H2,15,20)(H,18,19);2-3,6,9H,4-5H2,1H3,(H2,15,18)(H,19,20);2-3,6,9H,4-5H2,1H3,(H,17,18)(H,19,20);2-3,6,9H,4-5H2,1H3;1-2H3;1-4H2;1H;1-2H3;1H3;2*1H4/i;;;;;;;;2*1D;;. The molecule has 2 aliphatic rings. The number of fused-ring (bicyclic) bond motifs is 5. The molecule has 750 valence electrons. The van der Waals surface area contributed by atoms with Gasteiger partial charge in [0.2, 0.25) is 18.1 Å². The van der Waals surface area contributed by atoms with E-state index < -0.39 is 142 Å². The number of aliphatic carboxylic acids is 4. The molecule has 5 aromatic carbocycles. The van der Waals surface area contributed by atoms with E-state index in [0.717, 1.165) is 41.2 Å². The van der Waals surface area contributed by atoms with E-state index in [1.54, 1.807) is 163 Å². The third kappa shape index (κ3) is 36.2. The van der Waals surface area contributed by atoms with Gasteiger partial charge in [-0.15, -0.1) is 0 Å². The van der Waals surface area contributed by atoms with Crippen molar-refractivity contribution in [3.8, 4) is 0 Å². The molecule has 5 unspecified atom stereocenters. The van der Waals surface area contributed by atoms with Crippen LogP contribution in [0.15, 0.2) is 137 Å². The Hall–Kier alpha value is -11.0. The largest absolute Gasteiger partial charge is 0.481 e. The van der Waals surface area contributed by atoms with Crippen LogP contribution in [0.4, 0.5) is 13.2 Å². The zero-order chi connectivity index (χ0) is 104. The highest BCUT2D eigenvalue weighted by molar-refractivity contribution is 14.1. The number of cyclic esters (lactones) is 2. The van der Waals surface area contributed by atoms with Gasteiger partial charge in [-0.3, -0.25) is 88.8 Å². The second-order valence-corrected chi connectivity index (χ2v) is 35.4. The molecule has 2 fully saturated rings. The summed E-state index contributed by atoms with van der Waals surface area (Å²) in [4.78, 5) is 206. The van der Waals surface area contributed by atoms with E-state index in [9.17, 15) is 105 Å². The molecule has 0 radical (unpaired) electrons. The maximum absolute atomic E-state index is 13.0. The Balaban J connectivity index is 0.000000812. The van der Waals surface area contributed by atoms with Crippen LogP contribution in [0.2, 0.25) is 0 Å². The van der Waals surface area contributed by atoms with Crippen LogP contribution in [0.1, 0.15) is 194 Å². The molecule has 0 aliphatic carbocycles. The number of alkyl halides is 4. The van der Waals surface area contributed by atoms with Crippen molar-refractivity contribution in [2.75, 3.05) is 18.1 Å². The third-order valence-electron chi connectivity index (χ3n) is 18.7. The topological polar surface area (TPSA) is 536 Å². The fourth-order valence-electron chi connectivity index (χ4n) is 13.1. The van der Waals surface area contributed by atoms with Crippen LogP contribution < -0.4 is 39.9 Å². The highest BCUT2D eigenvalue weighted by Crippen LogP contribution is 2.32. The number of benzene rings is 5. The molecule has 5 aromatic heterocycles. The average molecular weight is 2360 g/mol. The average Bonchev–Trinajstić information content (AvgIpc) is 1.64. The SMILES string of the molecule is C.C.C1CCOC1.CC(=O)OC(C)=O.Cn1c(=O)n(C(CCC(=O)O)C(=O)O)c2cc(Br)ccc21.Cn1c(=O)n(C(CCC(=O)O)C(N)=O)c2cc(Br)ccc21.Cn1c(=O)n(C(CCC(=O)OC(C)(C)C)C(=O)OC(C)(C)C)c2cc(Br)ccc21.Cn1c(=O)n(C(CCC(N)=O)C(=O)O)c2cc(Br)ccc21.Cn1c(=O)n(C2CCC(=O)OC2=O)c2cc(Br)ccc21.O=CC(F)(F)F.[2H]CC.[2H]CI. The molecule has 39 nitrogen and oxygen atoms in total. The lowest BCUT2D eigenvalue weighted by molar-refractivity contribution is -0.167. The number of aldehydes is 1. The summed E-state index contributed by atoms with van der Waals surface area (Å²) in [5.41, 5.74) is 13.1. The Morgan fingerprint density at radius 1 is 0.500 bits per heavy atom. The van der Waals surface area contributed by atoms with Crippen LogP contribution >= 0.6 is 102 Å². The number of halogens is 9. The Bertz CT molecular complexity index is 5980. The highest BCUT2D eigenvalue weighted by Gasteiger charge is 2.36. The fourth-order valence-corrected chi connectivity index (χ4v) is 14.8. The molecule has 2 aliphatic heterocycles. The lowest BCUT2D eigenvalue weighted by Crippen LogP contribution is -2.36. The molecule has 12 rings (SSSR count). The maximum Gasteiger partial charge on any atom is 0.446 e. The number of aryl methyl sites for hydroxylation is 5. The van der Waals surface area contributed by atoms with Crippen molar-refractivity contribution in [3.63, 3.8) is 0 Å². The summed E-state index contributed by atoms with van der Waals surface area (Å²) in [5.74, 6) is -9.21. The van der Waals surface area contributed by atoms with Crippen molar-refractivity contribution < 1.29 is 122 Å². The van der Waals surface area contributed by atoms with Crippen LogP contribution in [-0.4, -0.2) is 179 Å². The molecule has 8 N–H and O–H groups in total. The number of aromatic nitrogens is 10. The van der Waals surface area contributed by atoms with Gasteiger partial charge in [-0.05, 0) is 182 Å². The normalized spacial score (nSPS) is 13.5. The smallest absolute Gasteiger partial charge is 0.446 e. The highest BCUT2D eigenvalue weighted by atomic mass is 127. The first-order valence-corrected chi connectivity index (χ1v) is 45.6.